The maximum Gasteiger partial charge on any atom is 0.246 e. The van der Waals surface area contributed by atoms with Crippen LogP contribution in [0.5, 0.6) is 0 Å². The maximum absolute atomic E-state index is 5.26. The molecule has 1 aliphatic heterocycles. The van der Waals surface area contributed by atoms with Gasteiger partial charge in [-0.15, -0.1) is 0 Å². The lowest BCUT2D eigenvalue weighted by molar-refractivity contribution is 0.173. The molecule has 0 aliphatic carbocycles. The molecule has 1 aromatic rings. The minimum Gasteiger partial charge on any atom is -0.377 e. The molecule has 0 aromatic carbocycles. The molecule has 0 spiro atoms. The zero-order valence-electron chi connectivity index (χ0n) is 9.25. The summed E-state index contributed by atoms with van der Waals surface area (Å²) in [6.45, 7) is 3.52. The lowest BCUT2D eigenvalue weighted by Gasteiger charge is -2.31. The Balaban J connectivity index is 2.12. The number of rotatable bonds is 3. The number of nitrogens with zero attached hydrogens (tertiary/aromatic N) is 2. The Labute approximate surface area is 89.2 Å². The average Bonchev–Trinajstić information content (AvgIpc) is 2.69. The standard InChI is InChI=1S/C10H17N3O2/c1-10(5-3-4-6-11-10)9-12-8(7-14-2)13-15-9/h11H,3-7H2,1-2H3. The smallest absolute Gasteiger partial charge is 0.246 e. The second-order valence-corrected chi connectivity index (χ2v) is 4.16. The molecule has 1 atom stereocenters. The van der Waals surface area contributed by atoms with Gasteiger partial charge in [0, 0.05) is 7.11 Å². The Bertz CT molecular complexity index is 318. The molecule has 0 amide bonds. The molecule has 1 N–H and O–H groups in total. The highest BCUT2D eigenvalue weighted by Crippen LogP contribution is 2.28. The quantitative estimate of drug-likeness (QED) is 0.814. The van der Waals surface area contributed by atoms with Crippen LogP contribution in [0.4, 0.5) is 0 Å². The van der Waals surface area contributed by atoms with Gasteiger partial charge >= 0.3 is 0 Å². The van der Waals surface area contributed by atoms with Gasteiger partial charge in [0.25, 0.3) is 0 Å². The van der Waals surface area contributed by atoms with Gasteiger partial charge in [-0.3, -0.25) is 0 Å². The summed E-state index contributed by atoms with van der Waals surface area (Å²) in [7, 11) is 1.62. The molecule has 2 heterocycles. The fraction of sp³-hybridized carbons (Fsp3) is 0.800. The predicted molar refractivity (Wildman–Crippen MR) is 54.2 cm³/mol. The Hall–Kier alpha value is -0.940. The molecular weight excluding hydrogens is 194 g/mol. The third-order valence-corrected chi connectivity index (χ3v) is 2.83. The minimum atomic E-state index is -0.156. The lowest BCUT2D eigenvalue weighted by atomic mass is 9.91. The summed E-state index contributed by atoms with van der Waals surface area (Å²) in [6.07, 6.45) is 3.46. The number of hydrogen-bond donors (Lipinski definition) is 1. The van der Waals surface area contributed by atoms with Crippen molar-refractivity contribution in [2.75, 3.05) is 13.7 Å². The van der Waals surface area contributed by atoms with Crippen molar-refractivity contribution in [1.29, 1.82) is 0 Å². The largest absolute Gasteiger partial charge is 0.377 e. The monoisotopic (exact) mass is 211 g/mol. The third kappa shape index (κ3) is 2.18. The van der Waals surface area contributed by atoms with Gasteiger partial charge in [0.15, 0.2) is 5.82 Å². The van der Waals surface area contributed by atoms with Gasteiger partial charge in [-0.2, -0.15) is 4.98 Å². The zero-order chi connectivity index (χ0) is 10.7. The fourth-order valence-corrected chi connectivity index (χ4v) is 1.90. The van der Waals surface area contributed by atoms with E-state index in [0.29, 0.717) is 18.3 Å². The fourth-order valence-electron chi connectivity index (χ4n) is 1.90. The van der Waals surface area contributed by atoms with Crippen LogP contribution in [0.2, 0.25) is 0 Å². The van der Waals surface area contributed by atoms with Gasteiger partial charge in [0.2, 0.25) is 5.89 Å². The number of nitrogens with one attached hydrogen (secondary N) is 1. The van der Waals surface area contributed by atoms with Crippen LogP contribution in [-0.2, 0) is 16.9 Å². The molecule has 0 saturated carbocycles. The maximum atomic E-state index is 5.26. The Morgan fingerprint density at radius 1 is 1.53 bits per heavy atom. The minimum absolute atomic E-state index is 0.156. The van der Waals surface area contributed by atoms with Crippen LogP contribution < -0.4 is 5.32 Å². The van der Waals surface area contributed by atoms with E-state index in [-0.39, 0.29) is 5.54 Å². The Morgan fingerprint density at radius 2 is 2.40 bits per heavy atom. The summed E-state index contributed by atoms with van der Waals surface area (Å²) >= 11 is 0. The highest BCUT2D eigenvalue weighted by atomic mass is 16.5. The Kier molecular flexibility index (Phi) is 3.02. The van der Waals surface area contributed by atoms with Crippen molar-refractivity contribution >= 4 is 0 Å². The number of methoxy groups -OCH3 is 1. The first-order valence-electron chi connectivity index (χ1n) is 5.32. The number of ether oxygens (including phenoxy) is 1. The van der Waals surface area contributed by atoms with Crippen LogP contribution in [0.3, 0.4) is 0 Å². The molecule has 0 radical (unpaired) electrons. The molecule has 1 unspecified atom stereocenters. The van der Waals surface area contributed by atoms with Gasteiger partial charge in [-0.25, -0.2) is 0 Å². The molecule has 1 aromatic heterocycles. The predicted octanol–water partition coefficient (Wildman–Crippen LogP) is 1.20. The van der Waals surface area contributed by atoms with Gasteiger partial charge in [0.1, 0.15) is 6.61 Å². The van der Waals surface area contributed by atoms with Crippen LogP contribution in [0.1, 0.15) is 37.9 Å². The third-order valence-electron chi connectivity index (χ3n) is 2.83. The lowest BCUT2D eigenvalue weighted by Crippen LogP contribution is -2.43. The highest BCUT2D eigenvalue weighted by Gasteiger charge is 2.33. The van der Waals surface area contributed by atoms with E-state index in [9.17, 15) is 0 Å². The first-order chi connectivity index (χ1) is 7.24. The van der Waals surface area contributed by atoms with Crippen molar-refractivity contribution < 1.29 is 9.26 Å². The number of aromatic nitrogens is 2. The first-order valence-corrected chi connectivity index (χ1v) is 5.32. The average molecular weight is 211 g/mol. The van der Waals surface area contributed by atoms with E-state index in [1.807, 2.05) is 0 Å². The summed E-state index contributed by atoms with van der Waals surface area (Å²) < 4.78 is 10.2. The molecular formula is C10H17N3O2. The van der Waals surface area contributed by atoms with Crippen molar-refractivity contribution in [3.8, 4) is 0 Å². The van der Waals surface area contributed by atoms with Crippen LogP contribution in [0.25, 0.3) is 0 Å². The summed E-state index contributed by atoms with van der Waals surface area (Å²) in [6, 6.07) is 0. The van der Waals surface area contributed by atoms with Crippen molar-refractivity contribution in [3.05, 3.63) is 11.7 Å². The van der Waals surface area contributed by atoms with Crippen LogP contribution in [-0.4, -0.2) is 23.8 Å². The van der Waals surface area contributed by atoms with Crippen LogP contribution in [0, 0.1) is 0 Å². The molecule has 1 aliphatic rings. The van der Waals surface area contributed by atoms with Crippen molar-refractivity contribution in [3.63, 3.8) is 0 Å². The topological polar surface area (TPSA) is 60.2 Å². The van der Waals surface area contributed by atoms with E-state index in [4.69, 9.17) is 9.26 Å². The second kappa shape index (κ2) is 4.28. The summed E-state index contributed by atoms with van der Waals surface area (Å²) in [5.74, 6) is 1.29. The van der Waals surface area contributed by atoms with E-state index in [1.165, 1.54) is 12.8 Å². The summed E-state index contributed by atoms with van der Waals surface area (Å²) in [5, 5.41) is 7.31. The molecule has 5 nitrogen and oxygen atoms in total. The normalized spacial score (nSPS) is 26.8. The van der Waals surface area contributed by atoms with Crippen molar-refractivity contribution in [1.82, 2.24) is 15.5 Å². The van der Waals surface area contributed by atoms with Crippen LogP contribution >= 0.6 is 0 Å². The summed E-state index contributed by atoms with van der Waals surface area (Å²) in [4.78, 5) is 4.33. The van der Waals surface area contributed by atoms with Gasteiger partial charge in [0.05, 0.1) is 5.54 Å². The number of hydrogen-bond acceptors (Lipinski definition) is 5. The highest BCUT2D eigenvalue weighted by molar-refractivity contribution is 5.02. The molecule has 1 fully saturated rings. The molecule has 2 rings (SSSR count). The zero-order valence-corrected chi connectivity index (χ0v) is 9.25. The van der Waals surface area contributed by atoms with E-state index in [1.54, 1.807) is 7.11 Å². The first kappa shape index (κ1) is 10.6. The SMILES string of the molecule is COCc1noc(C2(C)CCCCN2)n1. The van der Waals surface area contributed by atoms with E-state index in [2.05, 4.69) is 22.4 Å². The number of piperidine rings is 1. The molecule has 5 heteroatoms. The molecule has 1 saturated heterocycles. The van der Waals surface area contributed by atoms with Gasteiger partial charge in [-0.1, -0.05) is 5.16 Å². The Morgan fingerprint density at radius 3 is 3.07 bits per heavy atom. The van der Waals surface area contributed by atoms with Crippen molar-refractivity contribution in [2.45, 2.75) is 38.3 Å². The molecule has 84 valence electrons. The van der Waals surface area contributed by atoms with E-state index >= 15 is 0 Å². The van der Waals surface area contributed by atoms with E-state index in [0.717, 1.165) is 13.0 Å². The van der Waals surface area contributed by atoms with Gasteiger partial charge < -0.3 is 14.6 Å². The second-order valence-electron chi connectivity index (χ2n) is 4.16. The molecule has 0 bridgehead atoms. The molecule has 15 heavy (non-hydrogen) atoms. The van der Waals surface area contributed by atoms with Gasteiger partial charge in [-0.05, 0) is 32.7 Å². The van der Waals surface area contributed by atoms with E-state index < -0.39 is 0 Å². The summed E-state index contributed by atoms with van der Waals surface area (Å²) in [5.41, 5.74) is -0.156. The van der Waals surface area contributed by atoms with Crippen LogP contribution in [0.15, 0.2) is 4.52 Å². The van der Waals surface area contributed by atoms with Crippen molar-refractivity contribution in [2.24, 2.45) is 0 Å².